The Labute approximate surface area is 172 Å². The van der Waals surface area contributed by atoms with Gasteiger partial charge < -0.3 is 5.32 Å². The van der Waals surface area contributed by atoms with E-state index < -0.39 is 24.3 Å². The summed E-state index contributed by atoms with van der Waals surface area (Å²) in [6.07, 6.45) is 1.28. The fraction of sp³-hybridized carbons (Fsp3) is 0.300. The average Bonchev–Trinajstić information content (AvgIpc) is 2.97. The molecule has 1 unspecified atom stereocenters. The van der Waals surface area contributed by atoms with Gasteiger partial charge in [0.15, 0.2) is 0 Å². The fourth-order valence-electron chi connectivity index (χ4n) is 3.13. The van der Waals surface area contributed by atoms with Gasteiger partial charge in [0, 0.05) is 5.69 Å². The second-order valence-corrected chi connectivity index (χ2v) is 9.91. The monoisotopic (exact) mass is 464 g/mol. The Morgan fingerprint density at radius 3 is 2.41 bits per heavy atom. The van der Waals surface area contributed by atoms with Crippen molar-refractivity contribution in [3.63, 3.8) is 0 Å². The number of carbonyl (C=O) groups excluding carboxylic acids is 2. The number of carbonyl (C=O) groups is 2. The molecule has 5 N–H and O–H groups in total. The third-order valence-electron chi connectivity index (χ3n) is 4.50. The number of para-hydroxylation sites is 1. The van der Waals surface area contributed by atoms with Gasteiger partial charge in [-0.2, -0.15) is 0 Å². The van der Waals surface area contributed by atoms with Crippen molar-refractivity contribution in [1.82, 2.24) is 0 Å². The molecule has 1 aliphatic heterocycles. The van der Waals surface area contributed by atoms with Crippen LogP contribution in [0.2, 0.25) is 0 Å². The first-order valence-electron chi connectivity index (χ1n) is 9.17. The van der Waals surface area contributed by atoms with Gasteiger partial charge in [-0.1, -0.05) is 25.1 Å². The Kier molecular flexibility index (Phi) is 7.30. The van der Waals surface area contributed by atoms with Crippen molar-refractivity contribution in [3.05, 3.63) is 47.5 Å². The summed E-state index contributed by atoms with van der Waals surface area (Å²) in [5.41, 5.74) is 2.78. The quantitative estimate of drug-likeness (QED) is 0.345. The molecule has 0 fully saturated rings. The third-order valence-corrected chi connectivity index (χ3v) is 6.53. The maximum absolute atomic E-state index is 11.4. The zero-order chi connectivity index (χ0) is 21.8. The van der Waals surface area contributed by atoms with E-state index in [-0.39, 0.29) is 23.4 Å². The Morgan fingerprint density at radius 2 is 1.86 bits per heavy atom. The molecule has 1 heterocycles. The summed E-state index contributed by atoms with van der Waals surface area (Å²) in [6, 6.07) is 10.5. The van der Waals surface area contributed by atoms with Crippen LogP contribution in [0.1, 0.15) is 44.2 Å². The van der Waals surface area contributed by atoms with Crippen molar-refractivity contribution in [3.8, 4) is 5.75 Å². The maximum atomic E-state index is 11.4. The van der Waals surface area contributed by atoms with E-state index in [2.05, 4.69) is 10.6 Å². The van der Waals surface area contributed by atoms with Crippen LogP contribution in [-0.4, -0.2) is 39.3 Å². The van der Waals surface area contributed by atoms with Crippen LogP contribution < -0.4 is 15.0 Å². The normalized spacial score (nSPS) is 15.1. The van der Waals surface area contributed by atoms with Crippen LogP contribution in [0.25, 0.3) is 0 Å². The van der Waals surface area contributed by atoms with Crippen molar-refractivity contribution >= 4 is 41.7 Å². The first-order chi connectivity index (χ1) is 13.6. The molecule has 1 atom stereocenters. The molecule has 1 aliphatic rings. The molecular weight excluding hydrogens is 439 g/mol. The Balaban J connectivity index is 0.000000218. The van der Waals surface area contributed by atoms with Crippen molar-refractivity contribution < 1.29 is 26.6 Å². The zero-order valence-electron chi connectivity index (χ0n) is 16.5. The van der Waals surface area contributed by atoms with Crippen LogP contribution in [0.5, 0.6) is 5.75 Å². The Bertz CT molecular complexity index is 969. The second kappa shape index (κ2) is 9.30. The topological polar surface area (TPSA) is 136 Å². The summed E-state index contributed by atoms with van der Waals surface area (Å²) in [4.78, 5) is 22.2. The van der Waals surface area contributed by atoms with E-state index in [1.165, 1.54) is 13.0 Å². The molecule has 0 aliphatic carbocycles. The molecule has 0 aromatic heterocycles. The number of phenols is 1. The number of anilines is 2. The van der Waals surface area contributed by atoms with Gasteiger partial charge in [-0.15, -0.1) is 0 Å². The molecule has 3 rings (SSSR count). The molecule has 9 heteroatoms. The fourth-order valence-corrected chi connectivity index (χ4v) is 4.65. The number of phenolic OH excluding ortho intramolecular Hbond substituents is 1. The van der Waals surface area contributed by atoms with Crippen LogP contribution in [0.3, 0.4) is 0 Å². The van der Waals surface area contributed by atoms with E-state index in [1.54, 1.807) is 6.92 Å². The number of rotatable bonds is 4. The molecule has 0 spiro atoms. The molecule has 0 bridgehead atoms. The summed E-state index contributed by atoms with van der Waals surface area (Å²) in [5.74, 6) is -0.532. The summed E-state index contributed by atoms with van der Waals surface area (Å²) in [7, 11) is 0. The van der Waals surface area contributed by atoms with E-state index in [0.717, 1.165) is 23.7 Å². The van der Waals surface area contributed by atoms with E-state index in [1.807, 2.05) is 31.2 Å². The molecule has 2 aromatic rings. The molecule has 8 nitrogen and oxygen atoms in total. The second-order valence-electron chi connectivity index (χ2n) is 6.62. The van der Waals surface area contributed by atoms with Gasteiger partial charge >= 0.3 is 101 Å². The molecule has 0 radical (unpaired) electrons. The summed E-state index contributed by atoms with van der Waals surface area (Å²) in [5, 5.41) is 15.0. The summed E-state index contributed by atoms with van der Waals surface area (Å²) < 4.78 is 29.1. The molecule has 0 saturated carbocycles. The molecule has 156 valence electrons. The number of aromatic hydroxyl groups is 1. The SMILES string of the molecule is CCC1C(=O)Nc2ccccc21.CCc1cc(NC(C)=O)cc([As](=O)(O)O)c1O. The number of fused-ring (bicyclic) bond motifs is 1. The third kappa shape index (κ3) is 5.50. The van der Waals surface area contributed by atoms with Crippen LogP contribution in [-0.2, 0) is 19.7 Å². The van der Waals surface area contributed by atoms with Gasteiger partial charge in [-0.05, 0) is 18.1 Å². The van der Waals surface area contributed by atoms with Crippen molar-refractivity contribution in [2.75, 3.05) is 10.6 Å². The van der Waals surface area contributed by atoms with E-state index >= 15 is 0 Å². The standard InChI is InChI=1S/C10H14AsNO5.C10H11NO/c1-3-7-4-8(12-6(2)13)5-9(10(7)14)11(15,16)17;1-2-7-8-5-3-4-6-9(8)11-10(7)12/h4-5,14H,3H2,1-2H3,(H,12,13)(H2,15,16,17);3-7H,2H2,1H3,(H,11,12). The zero-order valence-corrected chi connectivity index (χ0v) is 18.3. The van der Waals surface area contributed by atoms with E-state index in [4.69, 9.17) is 8.19 Å². The number of nitrogens with one attached hydrogen (secondary N) is 2. The first kappa shape index (κ1) is 22.7. The van der Waals surface area contributed by atoms with Crippen molar-refractivity contribution in [1.29, 1.82) is 0 Å². The Hall–Kier alpha value is -2.54. The predicted octanol–water partition coefficient (Wildman–Crippen LogP) is 1.61. The first-order valence-corrected chi connectivity index (χ1v) is 12.6. The van der Waals surface area contributed by atoms with Crippen molar-refractivity contribution in [2.24, 2.45) is 0 Å². The van der Waals surface area contributed by atoms with Crippen LogP contribution in [0.15, 0.2) is 36.4 Å². The molecular formula is C20H25AsN2O6. The van der Waals surface area contributed by atoms with Crippen molar-refractivity contribution in [2.45, 2.75) is 39.5 Å². The van der Waals surface area contributed by atoms with E-state index in [0.29, 0.717) is 12.0 Å². The predicted molar refractivity (Wildman–Crippen MR) is 110 cm³/mol. The number of aryl methyl sites for hydroxylation is 1. The summed E-state index contributed by atoms with van der Waals surface area (Å²) in [6.45, 7) is 5.07. The average molecular weight is 464 g/mol. The van der Waals surface area contributed by atoms with Gasteiger partial charge in [0.25, 0.3) is 0 Å². The summed E-state index contributed by atoms with van der Waals surface area (Å²) >= 11 is -5.21. The number of benzene rings is 2. The van der Waals surface area contributed by atoms with Gasteiger partial charge in [0.1, 0.15) is 0 Å². The van der Waals surface area contributed by atoms with Gasteiger partial charge in [0.05, 0.1) is 5.92 Å². The molecule has 29 heavy (non-hydrogen) atoms. The minimum atomic E-state index is -5.21. The Morgan fingerprint density at radius 1 is 1.21 bits per heavy atom. The molecule has 2 aromatic carbocycles. The minimum absolute atomic E-state index is 0.0706. The number of amides is 2. The van der Waals surface area contributed by atoms with Gasteiger partial charge in [-0.25, -0.2) is 0 Å². The van der Waals surface area contributed by atoms with Crippen LogP contribution in [0.4, 0.5) is 11.4 Å². The molecule has 2 amide bonds. The van der Waals surface area contributed by atoms with E-state index in [9.17, 15) is 18.4 Å². The van der Waals surface area contributed by atoms with Crippen LogP contribution >= 0.6 is 0 Å². The van der Waals surface area contributed by atoms with Gasteiger partial charge in [-0.3, -0.25) is 4.79 Å². The number of hydrogen-bond donors (Lipinski definition) is 5. The number of hydrogen-bond acceptors (Lipinski definition) is 4. The molecule has 0 saturated heterocycles. The van der Waals surface area contributed by atoms with Crippen LogP contribution in [0, 0.1) is 0 Å². The van der Waals surface area contributed by atoms with Gasteiger partial charge in [0.2, 0.25) is 5.91 Å².